The van der Waals surface area contributed by atoms with Crippen LogP contribution in [0.2, 0.25) is 0 Å². The fourth-order valence-electron chi connectivity index (χ4n) is 5.22. The summed E-state index contributed by atoms with van der Waals surface area (Å²) < 4.78 is 5.96. The van der Waals surface area contributed by atoms with Gasteiger partial charge in [0.05, 0.1) is 6.04 Å². The first kappa shape index (κ1) is 25.1. The highest BCUT2D eigenvalue weighted by molar-refractivity contribution is 6.08. The van der Waals surface area contributed by atoms with Gasteiger partial charge in [0, 0.05) is 12.1 Å². The molecule has 0 bridgehead atoms. The van der Waals surface area contributed by atoms with Gasteiger partial charge in [-0.3, -0.25) is 14.4 Å². The molecule has 1 aliphatic carbocycles. The van der Waals surface area contributed by atoms with Gasteiger partial charge in [-0.2, -0.15) is 0 Å². The number of aryl methyl sites for hydroxylation is 1. The number of aromatic nitrogens is 1. The van der Waals surface area contributed by atoms with Gasteiger partial charge in [0.1, 0.15) is 17.8 Å². The topological polar surface area (TPSA) is 105 Å². The van der Waals surface area contributed by atoms with Crippen molar-refractivity contribution in [3.63, 3.8) is 0 Å². The fraction of sp³-hybridized carbons (Fsp3) is 0.556. The summed E-state index contributed by atoms with van der Waals surface area (Å²) >= 11 is 0. The van der Waals surface area contributed by atoms with Crippen LogP contribution in [-0.2, 0) is 9.59 Å². The number of carbonyl (C=O) groups excluding carboxylic acids is 3. The predicted molar refractivity (Wildman–Crippen MR) is 132 cm³/mol. The molecule has 1 saturated carbocycles. The SMILES string of the molecule is CN[C@@H](C)C(=O)N[C@H](C(=O)N1CCC[C@H]1c1nc(C(=O)c2ccccc2)c(C)o1)C1CCCCC1. The lowest BCUT2D eigenvalue weighted by atomic mass is 9.83. The summed E-state index contributed by atoms with van der Waals surface area (Å²) in [4.78, 5) is 46.0. The van der Waals surface area contributed by atoms with E-state index in [0.29, 0.717) is 30.2 Å². The Hall–Kier alpha value is -3.00. The average molecular weight is 481 g/mol. The molecule has 8 nitrogen and oxygen atoms in total. The molecule has 2 amide bonds. The van der Waals surface area contributed by atoms with Gasteiger partial charge < -0.3 is 20.0 Å². The van der Waals surface area contributed by atoms with E-state index < -0.39 is 6.04 Å². The number of benzene rings is 1. The Balaban J connectivity index is 1.57. The molecular formula is C27H36N4O4. The van der Waals surface area contributed by atoms with Crippen molar-refractivity contribution in [3.8, 4) is 0 Å². The lowest BCUT2D eigenvalue weighted by Gasteiger charge is -2.34. The molecule has 4 rings (SSSR count). The number of nitrogens with zero attached hydrogens (tertiary/aromatic N) is 2. The maximum Gasteiger partial charge on any atom is 0.246 e. The zero-order chi connectivity index (χ0) is 24.9. The summed E-state index contributed by atoms with van der Waals surface area (Å²) in [5, 5.41) is 6.00. The summed E-state index contributed by atoms with van der Waals surface area (Å²) in [6.07, 6.45) is 6.69. The van der Waals surface area contributed by atoms with Gasteiger partial charge in [-0.15, -0.1) is 0 Å². The van der Waals surface area contributed by atoms with Gasteiger partial charge in [0.25, 0.3) is 0 Å². The molecule has 2 heterocycles. The van der Waals surface area contributed by atoms with Crippen molar-refractivity contribution >= 4 is 17.6 Å². The Morgan fingerprint density at radius 3 is 2.46 bits per heavy atom. The fourth-order valence-corrected chi connectivity index (χ4v) is 5.22. The second kappa shape index (κ2) is 11.2. The van der Waals surface area contributed by atoms with Crippen molar-refractivity contribution in [2.75, 3.05) is 13.6 Å². The monoisotopic (exact) mass is 480 g/mol. The minimum Gasteiger partial charge on any atom is -0.443 e. The molecule has 0 spiro atoms. The van der Waals surface area contributed by atoms with Gasteiger partial charge >= 0.3 is 0 Å². The molecule has 1 aromatic carbocycles. The first-order valence-electron chi connectivity index (χ1n) is 12.8. The lowest BCUT2D eigenvalue weighted by molar-refractivity contribution is -0.140. The molecule has 2 aliphatic rings. The number of rotatable bonds is 8. The van der Waals surface area contributed by atoms with Crippen molar-refractivity contribution in [3.05, 3.63) is 53.2 Å². The molecule has 1 saturated heterocycles. The number of oxazole rings is 1. The van der Waals surface area contributed by atoms with Crippen molar-refractivity contribution in [2.24, 2.45) is 5.92 Å². The molecule has 1 aliphatic heterocycles. The van der Waals surface area contributed by atoms with Gasteiger partial charge in [-0.05, 0) is 52.5 Å². The van der Waals surface area contributed by atoms with Gasteiger partial charge in [0.15, 0.2) is 5.69 Å². The van der Waals surface area contributed by atoms with Gasteiger partial charge in [-0.25, -0.2) is 4.98 Å². The number of hydrogen-bond acceptors (Lipinski definition) is 6. The highest BCUT2D eigenvalue weighted by Crippen LogP contribution is 2.35. The Kier molecular flexibility index (Phi) is 8.00. The summed E-state index contributed by atoms with van der Waals surface area (Å²) in [5.74, 6) is 0.519. The summed E-state index contributed by atoms with van der Waals surface area (Å²) in [7, 11) is 1.73. The molecule has 2 N–H and O–H groups in total. The predicted octanol–water partition coefficient (Wildman–Crippen LogP) is 3.55. The molecule has 35 heavy (non-hydrogen) atoms. The molecule has 3 atom stereocenters. The number of amides is 2. The van der Waals surface area contributed by atoms with Crippen LogP contribution in [-0.4, -0.2) is 53.2 Å². The standard InChI is InChI=1S/C27H36N4O4/c1-17(28-3)25(33)29-23(19-11-6-4-7-12-19)27(34)31-16-10-15-21(31)26-30-22(18(2)35-26)24(32)20-13-8-5-9-14-20/h5,8-9,13-14,17,19,21,23,28H,4,6-7,10-12,15-16H2,1-3H3,(H,29,33)/t17-,21-,23-/m0/s1. The smallest absolute Gasteiger partial charge is 0.246 e. The third-order valence-corrected chi connectivity index (χ3v) is 7.40. The van der Waals surface area contributed by atoms with Gasteiger partial charge in [0.2, 0.25) is 23.5 Å². The largest absolute Gasteiger partial charge is 0.443 e. The Bertz CT molecular complexity index is 1040. The van der Waals surface area contributed by atoms with E-state index in [1.165, 1.54) is 6.42 Å². The van der Waals surface area contributed by atoms with Crippen LogP contribution in [0.1, 0.15) is 85.6 Å². The van der Waals surface area contributed by atoms with Gasteiger partial charge in [-0.1, -0.05) is 49.6 Å². The van der Waals surface area contributed by atoms with Crippen LogP contribution in [0.25, 0.3) is 0 Å². The first-order valence-corrected chi connectivity index (χ1v) is 12.8. The highest BCUT2D eigenvalue weighted by atomic mass is 16.4. The van der Waals surface area contributed by atoms with E-state index in [2.05, 4.69) is 15.6 Å². The van der Waals surface area contributed by atoms with E-state index in [-0.39, 0.29) is 41.3 Å². The lowest BCUT2D eigenvalue weighted by Crippen LogP contribution is -2.55. The number of ketones is 1. The number of carbonyl (C=O) groups is 3. The molecule has 1 aromatic heterocycles. The van der Waals surface area contributed by atoms with Crippen LogP contribution in [0.3, 0.4) is 0 Å². The first-order chi connectivity index (χ1) is 16.9. The Morgan fingerprint density at radius 2 is 1.77 bits per heavy atom. The Labute approximate surface area is 206 Å². The molecule has 2 aromatic rings. The number of likely N-dealkylation sites (N-methyl/N-ethyl adjacent to an activating group) is 1. The highest BCUT2D eigenvalue weighted by Gasteiger charge is 2.41. The minimum atomic E-state index is -0.569. The van der Waals surface area contributed by atoms with Crippen LogP contribution in [0, 0.1) is 12.8 Å². The van der Waals surface area contributed by atoms with Crippen LogP contribution in [0.5, 0.6) is 0 Å². The average Bonchev–Trinajstić information content (AvgIpc) is 3.53. The molecule has 188 valence electrons. The summed E-state index contributed by atoms with van der Waals surface area (Å²) in [5.41, 5.74) is 0.832. The second-order valence-electron chi connectivity index (χ2n) is 9.74. The van der Waals surface area contributed by atoms with E-state index in [0.717, 1.165) is 32.1 Å². The third-order valence-electron chi connectivity index (χ3n) is 7.40. The van der Waals surface area contributed by atoms with Crippen LogP contribution < -0.4 is 10.6 Å². The number of likely N-dealkylation sites (tertiary alicyclic amines) is 1. The van der Waals surface area contributed by atoms with E-state index in [4.69, 9.17) is 4.42 Å². The van der Waals surface area contributed by atoms with Crippen LogP contribution >= 0.6 is 0 Å². The number of hydrogen-bond donors (Lipinski definition) is 2. The van der Waals surface area contributed by atoms with Crippen LogP contribution in [0.15, 0.2) is 34.7 Å². The van der Waals surface area contributed by atoms with Crippen molar-refractivity contribution in [1.29, 1.82) is 0 Å². The van der Waals surface area contributed by atoms with Crippen molar-refractivity contribution < 1.29 is 18.8 Å². The van der Waals surface area contributed by atoms with Crippen LogP contribution in [0.4, 0.5) is 0 Å². The zero-order valence-corrected chi connectivity index (χ0v) is 20.9. The van der Waals surface area contributed by atoms with Crippen molar-refractivity contribution in [2.45, 2.75) is 76.9 Å². The summed E-state index contributed by atoms with van der Waals surface area (Å²) in [6.45, 7) is 4.10. The molecule has 8 heteroatoms. The normalized spacial score (nSPS) is 20.4. The maximum atomic E-state index is 13.9. The second-order valence-corrected chi connectivity index (χ2v) is 9.74. The third kappa shape index (κ3) is 5.48. The van der Waals surface area contributed by atoms with E-state index in [9.17, 15) is 14.4 Å². The minimum absolute atomic E-state index is 0.0807. The molecular weight excluding hydrogens is 444 g/mol. The molecule has 0 radical (unpaired) electrons. The van der Waals surface area contributed by atoms with E-state index >= 15 is 0 Å². The molecule has 2 fully saturated rings. The quantitative estimate of drug-likeness (QED) is 0.560. The maximum absolute atomic E-state index is 13.9. The van der Waals surface area contributed by atoms with E-state index in [1.807, 2.05) is 18.2 Å². The summed E-state index contributed by atoms with van der Waals surface area (Å²) in [6, 6.07) is 7.70. The molecule has 0 unspecified atom stereocenters. The zero-order valence-electron chi connectivity index (χ0n) is 20.9. The Morgan fingerprint density at radius 1 is 1.06 bits per heavy atom. The van der Waals surface area contributed by atoms with E-state index in [1.54, 1.807) is 37.9 Å². The number of nitrogens with one attached hydrogen (secondary N) is 2. The van der Waals surface area contributed by atoms with Crippen molar-refractivity contribution in [1.82, 2.24) is 20.5 Å².